The Morgan fingerprint density at radius 3 is 3.00 bits per heavy atom. The van der Waals surface area contributed by atoms with E-state index in [1.807, 2.05) is 5.38 Å². The highest BCUT2D eigenvalue weighted by molar-refractivity contribution is 7.11. The van der Waals surface area contributed by atoms with Crippen molar-refractivity contribution in [3.63, 3.8) is 0 Å². The maximum absolute atomic E-state index is 13.3. The number of aldehydes is 1. The van der Waals surface area contributed by atoms with Gasteiger partial charge in [-0.25, -0.2) is 9.37 Å². The summed E-state index contributed by atoms with van der Waals surface area (Å²) in [6.07, 6.45) is 5.47. The molecule has 1 unspecified atom stereocenters. The van der Waals surface area contributed by atoms with Crippen molar-refractivity contribution in [1.29, 1.82) is 0 Å². The Labute approximate surface area is 125 Å². The topological polar surface area (TPSA) is 50.2 Å². The molecule has 21 heavy (non-hydrogen) atoms. The fourth-order valence-electron chi connectivity index (χ4n) is 2.43. The molecule has 0 spiro atoms. The molecule has 0 radical (unpaired) electrons. The second-order valence-electron chi connectivity index (χ2n) is 5.10. The summed E-state index contributed by atoms with van der Waals surface area (Å²) in [5.41, 5.74) is 2.10. The van der Waals surface area contributed by atoms with E-state index in [1.165, 1.54) is 29.5 Å². The van der Waals surface area contributed by atoms with Crippen LogP contribution in [0.5, 0.6) is 5.75 Å². The molecular weight excluding hydrogens is 289 g/mol. The van der Waals surface area contributed by atoms with Crippen molar-refractivity contribution >= 4 is 23.2 Å². The van der Waals surface area contributed by atoms with Gasteiger partial charge in [0.2, 0.25) is 0 Å². The first-order valence-corrected chi connectivity index (χ1v) is 7.64. The molecule has 0 saturated heterocycles. The van der Waals surface area contributed by atoms with Crippen LogP contribution in [0.2, 0.25) is 0 Å². The van der Waals surface area contributed by atoms with Crippen LogP contribution in [0.25, 0.3) is 16.8 Å². The van der Waals surface area contributed by atoms with Crippen LogP contribution in [0.3, 0.4) is 0 Å². The second-order valence-corrected chi connectivity index (χ2v) is 5.96. The van der Waals surface area contributed by atoms with Crippen LogP contribution in [-0.2, 0) is 4.79 Å². The molecule has 0 saturated carbocycles. The average molecular weight is 303 g/mol. The lowest BCUT2D eigenvalue weighted by Crippen LogP contribution is -2.06. The highest BCUT2D eigenvalue weighted by Gasteiger charge is 2.17. The van der Waals surface area contributed by atoms with E-state index in [1.54, 1.807) is 0 Å². The Balaban J connectivity index is 1.89. The van der Waals surface area contributed by atoms with E-state index in [4.69, 9.17) is 0 Å². The predicted molar refractivity (Wildman–Crippen MR) is 80.6 cm³/mol. The first-order chi connectivity index (χ1) is 10.2. The van der Waals surface area contributed by atoms with E-state index in [0.717, 1.165) is 36.1 Å². The molecule has 1 aromatic carbocycles. The molecule has 108 valence electrons. The monoisotopic (exact) mass is 303 g/mol. The summed E-state index contributed by atoms with van der Waals surface area (Å²) in [6.45, 7) is 0. The third-order valence-corrected chi connectivity index (χ3v) is 4.58. The van der Waals surface area contributed by atoms with Gasteiger partial charge in [-0.05, 0) is 43.0 Å². The minimum Gasteiger partial charge on any atom is -0.507 e. The van der Waals surface area contributed by atoms with Crippen molar-refractivity contribution in [2.45, 2.75) is 19.3 Å². The summed E-state index contributed by atoms with van der Waals surface area (Å²) in [7, 11) is 0. The zero-order valence-corrected chi connectivity index (χ0v) is 12.1. The quantitative estimate of drug-likeness (QED) is 0.871. The molecule has 1 aliphatic carbocycles. The number of hydrogen-bond acceptors (Lipinski definition) is 4. The number of phenolic OH excluding ortho intramolecular Hbond substituents is 1. The number of nitrogens with zero attached hydrogens (tertiary/aromatic N) is 1. The third-order valence-electron chi connectivity index (χ3n) is 3.66. The lowest BCUT2D eigenvalue weighted by molar-refractivity contribution is -0.111. The van der Waals surface area contributed by atoms with Crippen LogP contribution in [0, 0.1) is 11.7 Å². The smallest absolute Gasteiger partial charge is 0.125 e. The summed E-state index contributed by atoms with van der Waals surface area (Å²) >= 11 is 1.47. The Hall–Kier alpha value is -2.01. The average Bonchev–Trinajstić information content (AvgIpc) is 2.99. The third kappa shape index (κ3) is 2.88. The van der Waals surface area contributed by atoms with Crippen LogP contribution in [0.4, 0.5) is 4.39 Å². The van der Waals surface area contributed by atoms with Crippen LogP contribution < -0.4 is 0 Å². The van der Waals surface area contributed by atoms with Gasteiger partial charge in [0, 0.05) is 16.9 Å². The van der Waals surface area contributed by atoms with Crippen LogP contribution >= 0.6 is 11.3 Å². The number of carbonyl (C=O) groups is 1. The van der Waals surface area contributed by atoms with Gasteiger partial charge in [0.15, 0.2) is 0 Å². The lowest BCUT2D eigenvalue weighted by Gasteiger charge is -2.15. The first-order valence-electron chi connectivity index (χ1n) is 6.76. The number of thiazole rings is 1. The van der Waals surface area contributed by atoms with Gasteiger partial charge in [0.1, 0.15) is 22.9 Å². The van der Waals surface area contributed by atoms with Crippen molar-refractivity contribution in [2.75, 3.05) is 0 Å². The fourth-order valence-corrected chi connectivity index (χ4v) is 3.32. The number of allylic oxidation sites excluding steroid dienone is 2. The number of benzene rings is 1. The van der Waals surface area contributed by atoms with Crippen molar-refractivity contribution in [1.82, 2.24) is 4.98 Å². The molecule has 0 aliphatic heterocycles. The molecule has 0 fully saturated rings. The minimum absolute atomic E-state index is 0.0203. The van der Waals surface area contributed by atoms with Gasteiger partial charge < -0.3 is 9.90 Å². The largest absolute Gasteiger partial charge is 0.507 e. The Morgan fingerprint density at radius 1 is 1.43 bits per heavy atom. The van der Waals surface area contributed by atoms with Gasteiger partial charge in [0.25, 0.3) is 0 Å². The molecular formula is C16H14FNO2S. The minimum atomic E-state index is -0.400. The van der Waals surface area contributed by atoms with Crippen molar-refractivity contribution in [3.05, 3.63) is 40.5 Å². The molecule has 0 bridgehead atoms. The standard InChI is InChI=1S/C16H14FNO2S/c17-12-5-6-15(20)13(7-12)14-9-21-16(18-14)11-3-1-10(8-19)2-4-11/h3,5-10,20H,1-2,4H2. The molecule has 3 rings (SSSR count). The predicted octanol–water partition coefficient (Wildman–Crippen LogP) is 4.04. The summed E-state index contributed by atoms with van der Waals surface area (Å²) in [6, 6.07) is 3.83. The summed E-state index contributed by atoms with van der Waals surface area (Å²) < 4.78 is 13.3. The van der Waals surface area contributed by atoms with Crippen LogP contribution in [0.15, 0.2) is 29.7 Å². The molecule has 5 heteroatoms. The van der Waals surface area contributed by atoms with Gasteiger partial charge in [-0.3, -0.25) is 0 Å². The molecule has 1 aromatic heterocycles. The Bertz CT molecular complexity index is 708. The summed E-state index contributed by atoms with van der Waals surface area (Å²) in [5.74, 6) is -0.268. The number of carbonyl (C=O) groups excluding carboxylic acids is 1. The van der Waals surface area contributed by atoms with Gasteiger partial charge >= 0.3 is 0 Å². The number of rotatable bonds is 3. The van der Waals surface area contributed by atoms with E-state index in [2.05, 4.69) is 11.1 Å². The normalized spacial score (nSPS) is 18.3. The second kappa shape index (κ2) is 5.77. The molecule has 1 N–H and O–H groups in total. The SMILES string of the molecule is O=CC1CC=C(c2nc(-c3cc(F)ccc3O)cs2)CC1. The van der Waals surface area contributed by atoms with Crippen molar-refractivity contribution < 1.29 is 14.3 Å². The van der Waals surface area contributed by atoms with Crippen LogP contribution in [0.1, 0.15) is 24.3 Å². The highest BCUT2D eigenvalue weighted by atomic mass is 32.1. The molecule has 1 aliphatic rings. The van der Waals surface area contributed by atoms with Gasteiger partial charge in [-0.15, -0.1) is 11.3 Å². The molecule has 1 heterocycles. The van der Waals surface area contributed by atoms with E-state index in [9.17, 15) is 14.3 Å². The number of aromatic hydroxyl groups is 1. The number of hydrogen-bond donors (Lipinski definition) is 1. The molecule has 3 nitrogen and oxygen atoms in total. The maximum Gasteiger partial charge on any atom is 0.125 e. The van der Waals surface area contributed by atoms with Crippen molar-refractivity contribution in [3.8, 4) is 17.0 Å². The van der Waals surface area contributed by atoms with Gasteiger partial charge in [-0.2, -0.15) is 0 Å². The molecule has 2 aromatic rings. The molecule has 1 atom stereocenters. The van der Waals surface area contributed by atoms with E-state index < -0.39 is 5.82 Å². The van der Waals surface area contributed by atoms with E-state index in [0.29, 0.717) is 11.3 Å². The number of phenols is 1. The van der Waals surface area contributed by atoms with Crippen molar-refractivity contribution in [2.24, 2.45) is 5.92 Å². The zero-order chi connectivity index (χ0) is 14.8. The zero-order valence-electron chi connectivity index (χ0n) is 11.3. The van der Waals surface area contributed by atoms with E-state index >= 15 is 0 Å². The van der Waals surface area contributed by atoms with Gasteiger partial charge in [0.05, 0.1) is 5.69 Å². The number of aromatic nitrogens is 1. The van der Waals surface area contributed by atoms with Gasteiger partial charge in [-0.1, -0.05) is 6.08 Å². The number of halogens is 1. The highest BCUT2D eigenvalue weighted by Crippen LogP contribution is 2.35. The maximum atomic E-state index is 13.3. The Morgan fingerprint density at radius 2 is 2.29 bits per heavy atom. The first kappa shape index (κ1) is 13.9. The Kier molecular flexibility index (Phi) is 3.84. The van der Waals surface area contributed by atoms with E-state index in [-0.39, 0.29) is 11.7 Å². The molecule has 0 amide bonds. The van der Waals surface area contributed by atoms with Crippen LogP contribution in [-0.4, -0.2) is 16.4 Å². The summed E-state index contributed by atoms with van der Waals surface area (Å²) in [5, 5.41) is 12.5. The summed E-state index contributed by atoms with van der Waals surface area (Å²) in [4.78, 5) is 15.2. The lowest BCUT2D eigenvalue weighted by atomic mass is 9.91. The fraction of sp³-hybridized carbons (Fsp3) is 0.250.